The fourth-order valence-electron chi connectivity index (χ4n) is 2.61. The van der Waals surface area contributed by atoms with E-state index in [2.05, 4.69) is 26.0 Å². The Hall–Kier alpha value is -1.06. The van der Waals surface area contributed by atoms with Gasteiger partial charge in [-0.2, -0.15) is 0 Å². The SMILES string of the molecule is COc1ccc(C(C)(CN)CC2COC2)cc1C. The summed E-state index contributed by atoms with van der Waals surface area (Å²) in [7, 11) is 1.70. The van der Waals surface area contributed by atoms with Gasteiger partial charge < -0.3 is 15.2 Å². The van der Waals surface area contributed by atoms with Crippen LogP contribution in [0.3, 0.4) is 0 Å². The first-order valence-electron chi connectivity index (χ1n) is 6.52. The maximum atomic E-state index is 6.01. The van der Waals surface area contributed by atoms with Gasteiger partial charge in [-0.15, -0.1) is 0 Å². The van der Waals surface area contributed by atoms with Gasteiger partial charge in [0.15, 0.2) is 0 Å². The molecule has 1 fully saturated rings. The van der Waals surface area contributed by atoms with Crippen LogP contribution in [0.15, 0.2) is 18.2 Å². The Labute approximate surface area is 109 Å². The van der Waals surface area contributed by atoms with Gasteiger partial charge in [0.2, 0.25) is 0 Å². The van der Waals surface area contributed by atoms with Crippen molar-refractivity contribution in [1.29, 1.82) is 0 Å². The Kier molecular flexibility index (Phi) is 3.93. The summed E-state index contributed by atoms with van der Waals surface area (Å²) in [6, 6.07) is 6.37. The van der Waals surface area contributed by atoms with E-state index in [-0.39, 0.29) is 5.41 Å². The number of ether oxygens (including phenoxy) is 2. The summed E-state index contributed by atoms with van der Waals surface area (Å²) in [5, 5.41) is 0. The lowest BCUT2D eigenvalue weighted by Crippen LogP contribution is -2.39. The molecule has 0 spiro atoms. The summed E-state index contributed by atoms with van der Waals surface area (Å²) in [5.74, 6) is 1.59. The summed E-state index contributed by atoms with van der Waals surface area (Å²) >= 11 is 0. The fourth-order valence-corrected chi connectivity index (χ4v) is 2.61. The normalized spacial score (nSPS) is 19.1. The summed E-state index contributed by atoms with van der Waals surface area (Å²) in [6.45, 7) is 6.74. The van der Waals surface area contributed by atoms with Crippen molar-refractivity contribution in [3.63, 3.8) is 0 Å². The highest BCUT2D eigenvalue weighted by Gasteiger charge is 2.32. The van der Waals surface area contributed by atoms with Gasteiger partial charge in [0, 0.05) is 17.9 Å². The molecule has 1 aliphatic rings. The number of rotatable bonds is 5. The Bertz CT molecular complexity index is 415. The molecule has 1 saturated heterocycles. The van der Waals surface area contributed by atoms with Crippen molar-refractivity contribution in [2.45, 2.75) is 25.7 Å². The molecule has 0 aromatic heterocycles. The van der Waals surface area contributed by atoms with E-state index < -0.39 is 0 Å². The second-order valence-corrected chi connectivity index (χ2v) is 5.56. The standard InChI is InChI=1S/C15H23NO2/c1-11-6-13(4-5-14(11)17-3)15(2,10-16)7-12-8-18-9-12/h4-6,12H,7-10,16H2,1-3H3. The van der Waals surface area contributed by atoms with Crippen molar-refractivity contribution < 1.29 is 9.47 Å². The zero-order chi connectivity index (χ0) is 13.2. The molecule has 18 heavy (non-hydrogen) atoms. The van der Waals surface area contributed by atoms with Gasteiger partial charge in [0.1, 0.15) is 5.75 Å². The van der Waals surface area contributed by atoms with E-state index >= 15 is 0 Å². The van der Waals surface area contributed by atoms with Crippen molar-refractivity contribution in [2.75, 3.05) is 26.9 Å². The van der Waals surface area contributed by atoms with E-state index in [0.717, 1.165) is 25.4 Å². The number of nitrogens with two attached hydrogens (primary N) is 1. The largest absolute Gasteiger partial charge is 0.496 e. The summed E-state index contributed by atoms with van der Waals surface area (Å²) in [6.07, 6.45) is 1.09. The third kappa shape index (κ3) is 2.52. The van der Waals surface area contributed by atoms with Gasteiger partial charge >= 0.3 is 0 Å². The molecule has 3 heteroatoms. The number of aryl methyl sites for hydroxylation is 1. The van der Waals surface area contributed by atoms with Crippen LogP contribution in [0.4, 0.5) is 0 Å². The number of benzene rings is 1. The molecule has 1 atom stereocenters. The molecule has 1 aromatic rings. The van der Waals surface area contributed by atoms with Crippen LogP contribution in [0.25, 0.3) is 0 Å². The van der Waals surface area contributed by atoms with Gasteiger partial charge in [-0.05, 0) is 30.5 Å². The number of hydrogen-bond acceptors (Lipinski definition) is 3. The molecular formula is C15H23NO2. The van der Waals surface area contributed by atoms with Crippen LogP contribution >= 0.6 is 0 Å². The lowest BCUT2D eigenvalue weighted by atomic mass is 9.74. The molecule has 0 aliphatic carbocycles. The second kappa shape index (κ2) is 5.29. The van der Waals surface area contributed by atoms with Crippen molar-refractivity contribution in [2.24, 2.45) is 11.7 Å². The number of hydrogen-bond donors (Lipinski definition) is 1. The van der Waals surface area contributed by atoms with Gasteiger partial charge in [-0.3, -0.25) is 0 Å². The minimum Gasteiger partial charge on any atom is -0.496 e. The molecule has 100 valence electrons. The van der Waals surface area contributed by atoms with Crippen molar-refractivity contribution in [3.8, 4) is 5.75 Å². The third-order valence-electron chi connectivity index (χ3n) is 3.99. The van der Waals surface area contributed by atoms with E-state index in [4.69, 9.17) is 15.2 Å². The third-order valence-corrected chi connectivity index (χ3v) is 3.99. The maximum absolute atomic E-state index is 6.01. The molecule has 0 radical (unpaired) electrons. The smallest absolute Gasteiger partial charge is 0.121 e. The van der Waals surface area contributed by atoms with Crippen molar-refractivity contribution in [1.82, 2.24) is 0 Å². The van der Waals surface area contributed by atoms with Crippen LogP contribution < -0.4 is 10.5 Å². The molecule has 1 aromatic carbocycles. The van der Waals surface area contributed by atoms with Crippen LogP contribution in [-0.2, 0) is 10.2 Å². The van der Waals surface area contributed by atoms with Crippen molar-refractivity contribution >= 4 is 0 Å². The van der Waals surface area contributed by atoms with E-state index in [1.807, 2.05) is 6.07 Å². The van der Waals surface area contributed by atoms with Crippen molar-refractivity contribution in [3.05, 3.63) is 29.3 Å². The molecule has 0 saturated carbocycles. The van der Waals surface area contributed by atoms with Gasteiger partial charge in [0.25, 0.3) is 0 Å². The monoisotopic (exact) mass is 249 g/mol. The van der Waals surface area contributed by atoms with Crippen LogP contribution in [0.1, 0.15) is 24.5 Å². The maximum Gasteiger partial charge on any atom is 0.121 e. The Morgan fingerprint density at radius 1 is 1.44 bits per heavy atom. The molecule has 2 rings (SSSR count). The molecule has 1 aliphatic heterocycles. The quantitative estimate of drug-likeness (QED) is 0.870. The van der Waals surface area contributed by atoms with Crippen LogP contribution in [0.5, 0.6) is 5.75 Å². The highest BCUT2D eigenvalue weighted by atomic mass is 16.5. The first kappa shape index (κ1) is 13.4. The van der Waals surface area contributed by atoms with Crippen LogP contribution in [-0.4, -0.2) is 26.9 Å². The minimum absolute atomic E-state index is 0.0332. The highest BCUT2D eigenvalue weighted by Crippen LogP contribution is 2.34. The average molecular weight is 249 g/mol. The fraction of sp³-hybridized carbons (Fsp3) is 0.600. The van der Waals surface area contributed by atoms with Gasteiger partial charge in [-0.25, -0.2) is 0 Å². The Balaban J connectivity index is 2.22. The van der Waals surface area contributed by atoms with E-state index in [0.29, 0.717) is 12.5 Å². The number of methoxy groups -OCH3 is 1. The minimum atomic E-state index is 0.0332. The summed E-state index contributed by atoms with van der Waals surface area (Å²) < 4.78 is 10.6. The lowest BCUT2D eigenvalue weighted by molar-refractivity contribution is -0.0441. The lowest BCUT2D eigenvalue weighted by Gasteiger charge is -2.36. The molecule has 1 heterocycles. The molecular weight excluding hydrogens is 226 g/mol. The Morgan fingerprint density at radius 2 is 2.17 bits per heavy atom. The second-order valence-electron chi connectivity index (χ2n) is 5.56. The topological polar surface area (TPSA) is 44.5 Å². The van der Waals surface area contributed by atoms with Gasteiger partial charge in [0.05, 0.1) is 20.3 Å². The zero-order valence-corrected chi connectivity index (χ0v) is 11.5. The Morgan fingerprint density at radius 3 is 2.61 bits per heavy atom. The van der Waals surface area contributed by atoms with Gasteiger partial charge in [-0.1, -0.05) is 19.1 Å². The average Bonchev–Trinajstić information content (AvgIpc) is 2.33. The molecule has 0 amide bonds. The predicted octanol–water partition coefficient (Wildman–Crippen LogP) is 2.26. The summed E-state index contributed by atoms with van der Waals surface area (Å²) in [5.41, 5.74) is 8.52. The highest BCUT2D eigenvalue weighted by molar-refractivity contribution is 5.39. The zero-order valence-electron chi connectivity index (χ0n) is 11.5. The molecule has 3 nitrogen and oxygen atoms in total. The van der Waals surface area contributed by atoms with E-state index in [1.165, 1.54) is 11.1 Å². The first-order chi connectivity index (χ1) is 8.59. The first-order valence-corrected chi connectivity index (χ1v) is 6.52. The van der Waals surface area contributed by atoms with E-state index in [9.17, 15) is 0 Å². The molecule has 1 unspecified atom stereocenters. The molecule has 0 bridgehead atoms. The molecule has 2 N–H and O–H groups in total. The van der Waals surface area contributed by atoms with Crippen LogP contribution in [0.2, 0.25) is 0 Å². The van der Waals surface area contributed by atoms with E-state index in [1.54, 1.807) is 7.11 Å². The summed E-state index contributed by atoms with van der Waals surface area (Å²) in [4.78, 5) is 0. The predicted molar refractivity (Wildman–Crippen MR) is 73.1 cm³/mol. The van der Waals surface area contributed by atoms with Crippen LogP contribution in [0, 0.1) is 12.8 Å².